The van der Waals surface area contributed by atoms with E-state index >= 15 is 0 Å². The number of piperazine rings is 1. The Hall–Kier alpha value is -1.87. The molecule has 1 aliphatic heterocycles. The Morgan fingerprint density at radius 1 is 1.35 bits per heavy atom. The van der Waals surface area contributed by atoms with Crippen molar-refractivity contribution in [1.29, 1.82) is 0 Å². The van der Waals surface area contributed by atoms with E-state index in [0.717, 1.165) is 24.6 Å². The number of benzene rings is 1. The standard InChI is InChI=1S/C17H18FN5OS.ClH/c1-23-7-6-19-9-14(23)16-21-17(24-22-16)13-10-25-15(20-13)8-11-4-2-3-5-12(11)18;/h2-5,10,14,19H,6-9H2,1H3;1H. The van der Waals surface area contributed by atoms with E-state index in [1.165, 1.54) is 17.4 Å². The average Bonchev–Trinajstić information content (AvgIpc) is 3.27. The zero-order chi connectivity index (χ0) is 17.2. The third-order valence-corrected chi connectivity index (χ3v) is 5.17. The number of aromatic nitrogens is 3. The van der Waals surface area contributed by atoms with Gasteiger partial charge in [0.25, 0.3) is 5.89 Å². The summed E-state index contributed by atoms with van der Waals surface area (Å²) in [6.45, 7) is 2.70. The van der Waals surface area contributed by atoms with Crippen molar-refractivity contribution >= 4 is 23.7 Å². The summed E-state index contributed by atoms with van der Waals surface area (Å²) in [5, 5.41) is 10.1. The van der Waals surface area contributed by atoms with Gasteiger partial charge >= 0.3 is 0 Å². The Kier molecular flexibility index (Phi) is 5.98. The highest BCUT2D eigenvalue weighted by Crippen LogP contribution is 2.25. The molecule has 1 atom stereocenters. The third kappa shape index (κ3) is 3.93. The van der Waals surface area contributed by atoms with Gasteiger partial charge in [0.2, 0.25) is 0 Å². The molecule has 6 nitrogen and oxygen atoms in total. The van der Waals surface area contributed by atoms with Crippen molar-refractivity contribution in [1.82, 2.24) is 25.3 Å². The van der Waals surface area contributed by atoms with Crippen LogP contribution in [0.3, 0.4) is 0 Å². The van der Waals surface area contributed by atoms with Gasteiger partial charge in [-0.25, -0.2) is 9.37 Å². The minimum Gasteiger partial charge on any atom is -0.332 e. The van der Waals surface area contributed by atoms with Crippen molar-refractivity contribution in [2.45, 2.75) is 12.5 Å². The number of likely N-dealkylation sites (N-methyl/N-ethyl adjacent to an activating group) is 1. The van der Waals surface area contributed by atoms with E-state index in [1.54, 1.807) is 12.1 Å². The second-order valence-corrected chi connectivity index (χ2v) is 7.00. The second-order valence-electron chi connectivity index (χ2n) is 6.05. The van der Waals surface area contributed by atoms with Gasteiger partial charge in [0, 0.05) is 31.4 Å². The van der Waals surface area contributed by atoms with Gasteiger partial charge in [0.05, 0.1) is 11.0 Å². The maximum Gasteiger partial charge on any atom is 0.277 e. The maximum absolute atomic E-state index is 13.8. The van der Waals surface area contributed by atoms with E-state index in [0.29, 0.717) is 29.4 Å². The molecule has 1 N–H and O–H groups in total. The monoisotopic (exact) mass is 395 g/mol. The lowest BCUT2D eigenvalue weighted by Crippen LogP contribution is -2.44. The largest absolute Gasteiger partial charge is 0.332 e. The van der Waals surface area contributed by atoms with Gasteiger partial charge in [0.1, 0.15) is 11.5 Å². The van der Waals surface area contributed by atoms with E-state index in [2.05, 4.69) is 32.4 Å². The van der Waals surface area contributed by atoms with Crippen LogP contribution >= 0.6 is 23.7 Å². The summed E-state index contributed by atoms with van der Waals surface area (Å²) in [5.74, 6) is 0.852. The van der Waals surface area contributed by atoms with Crippen LogP contribution in [-0.2, 0) is 6.42 Å². The molecule has 1 saturated heterocycles. The summed E-state index contributed by atoms with van der Waals surface area (Å²) in [6, 6.07) is 6.84. The number of hydrogen-bond donors (Lipinski definition) is 1. The van der Waals surface area contributed by atoms with Gasteiger partial charge in [-0.1, -0.05) is 23.4 Å². The molecule has 138 valence electrons. The van der Waals surface area contributed by atoms with Crippen LogP contribution in [0.15, 0.2) is 34.2 Å². The smallest absolute Gasteiger partial charge is 0.277 e. The molecule has 0 bridgehead atoms. The minimum absolute atomic E-state index is 0. The van der Waals surface area contributed by atoms with Crippen LogP contribution in [0.25, 0.3) is 11.6 Å². The summed E-state index contributed by atoms with van der Waals surface area (Å²) in [7, 11) is 2.05. The molecule has 1 fully saturated rings. The lowest BCUT2D eigenvalue weighted by Gasteiger charge is -2.30. The summed E-state index contributed by atoms with van der Waals surface area (Å²) >= 11 is 1.46. The van der Waals surface area contributed by atoms with Crippen molar-refractivity contribution in [3.63, 3.8) is 0 Å². The molecule has 1 aliphatic rings. The van der Waals surface area contributed by atoms with Crippen LogP contribution in [0.4, 0.5) is 4.39 Å². The van der Waals surface area contributed by atoms with Crippen molar-refractivity contribution in [3.05, 3.63) is 51.9 Å². The molecule has 3 aromatic rings. The minimum atomic E-state index is -0.216. The van der Waals surface area contributed by atoms with E-state index < -0.39 is 0 Å². The Balaban J connectivity index is 0.00000196. The number of thiazole rings is 1. The van der Waals surface area contributed by atoms with Crippen LogP contribution in [-0.4, -0.2) is 46.7 Å². The molecule has 1 unspecified atom stereocenters. The summed E-state index contributed by atoms with van der Waals surface area (Å²) < 4.78 is 19.2. The van der Waals surface area contributed by atoms with Gasteiger partial charge < -0.3 is 9.84 Å². The number of rotatable bonds is 4. The quantitative estimate of drug-likeness (QED) is 0.732. The van der Waals surface area contributed by atoms with Crippen molar-refractivity contribution < 1.29 is 8.91 Å². The molecule has 4 rings (SSSR count). The van der Waals surface area contributed by atoms with Gasteiger partial charge in [-0.15, -0.1) is 23.7 Å². The molecule has 26 heavy (non-hydrogen) atoms. The Morgan fingerprint density at radius 2 is 2.19 bits per heavy atom. The Morgan fingerprint density at radius 3 is 3.00 bits per heavy atom. The normalized spacial score (nSPS) is 17.8. The second kappa shape index (κ2) is 8.22. The number of nitrogens with one attached hydrogen (secondary N) is 1. The zero-order valence-electron chi connectivity index (χ0n) is 14.2. The first-order valence-corrected chi connectivity index (χ1v) is 9.01. The molecule has 2 aromatic heterocycles. The van der Waals surface area contributed by atoms with Crippen molar-refractivity contribution in [3.8, 4) is 11.6 Å². The van der Waals surface area contributed by atoms with Gasteiger partial charge in [-0.3, -0.25) is 4.90 Å². The molecule has 0 aliphatic carbocycles. The summed E-state index contributed by atoms with van der Waals surface area (Å²) in [4.78, 5) is 11.2. The van der Waals surface area contributed by atoms with E-state index in [9.17, 15) is 4.39 Å². The fraction of sp³-hybridized carbons (Fsp3) is 0.353. The predicted octanol–water partition coefficient (Wildman–Crippen LogP) is 2.92. The first kappa shape index (κ1) is 18.9. The topological polar surface area (TPSA) is 67.1 Å². The first-order valence-electron chi connectivity index (χ1n) is 8.13. The molecule has 0 saturated carbocycles. The number of hydrogen-bond acceptors (Lipinski definition) is 7. The molecule has 0 spiro atoms. The van der Waals surface area contributed by atoms with E-state index in [4.69, 9.17) is 4.52 Å². The molecule has 3 heterocycles. The maximum atomic E-state index is 13.8. The van der Waals surface area contributed by atoms with Gasteiger partial charge in [0.15, 0.2) is 5.82 Å². The van der Waals surface area contributed by atoms with Crippen LogP contribution in [0, 0.1) is 5.82 Å². The molecule has 0 radical (unpaired) electrons. The summed E-state index contributed by atoms with van der Waals surface area (Å²) in [6.07, 6.45) is 0.452. The fourth-order valence-corrected chi connectivity index (χ4v) is 3.65. The van der Waals surface area contributed by atoms with Crippen LogP contribution in [0.1, 0.15) is 22.4 Å². The van der Waals surface area contributed by atoms with Crippen molar-refractivity contribution in [2.24, 2.45) is 0 Å². The van der Waals surface area contributed by atoms with E-state index in [1.807, 2.05) is 11.4 Å². The molecular weight excluding hydrogens is 377 g/mol. The zero-order valence-corrected chi connectivity index (χ0v) is 15.8. The molecule has 0 amide bonds. The highest BCUT2D eigenvalue weighted by Gasteiger charge is 2.26. The number of nitrogens with zero attached hydrogens (tertiary/aromatic N) is 4. The molecular formula is C17H19ClFN5OS. The number of halogens is 2. The molecule has 9 heteroatoms. The lowest BCUT2D eigenvalue weighted by atomic mass is 10.1. The van der Waals surface area contributed by atoms with Crippen LogP contribution in [0.2, 0.25) is 0 Å². The highest BCUT2D eigenvalue weighted by molar-refractivity contribution is 7.10. The Bertz CT molecular complexity index is 870. The van der Waals surface area contributed by atoms with E-state index in [-0.39, 0.29) is 24.3 Å². The predicted molar refractivity (Wildman–Crippen MR) is 100 cm³/mol. The third-order valence-electron chi connectivity index (χ3n) is 4.32. The van der Waals surface area contributed by atoms with Crippen molar-refractivity contribution in [2.75, 3.05) is 26.7 Å². The lowest BCUT2D eigenvalue weighted by molar-refractivity contribution is 0.190. The van der Waals surface area contributed by atoms with Gasteiger partial charge in [-0.05, 0) is 18.7 Å². The Labute approximate surface area is 160 Å². The van der Waals surface area contributed by atoms with Gasteiger partial charge in [-0.2, -0.15) is 4.98 Å². The summed E-state index contributed by atoms with van der Waals surface area (Å²) in [5.41, 5.74) is 1.27. The SMILES string of the molecule is CN1CCNCC1c1noc(-c2csc(Cc3ccccc3F)n2)n1.Cl. The highest BCUT2D eigenvalue weighted by atomic mass is 35.5. The van der Waals surface area contributed by atoms with Crippen LogP contribution in [0.5, 0.6) is 0 Å². The average molecular weight is 396 g/mol. The first-order chi connectivity index (χ1) is 12.2. The van der Waals surface area contributed by atoms with Crippen LogP contribution < -0.4 is 5.32 Å². The fourth-order valence-electron chi connectivity index (χ4n) is 2.86. The molecule has 1 aromatic carbocycles.